The van der Waals surface area contributed by atoms with Crippen molar-refractivity contribution in [1.82, 2.24) is 5.32 Å². The summed E-state index contributed by atoms with van der Waals surface area (Å²) in [7, 11) is 0. The van der Waals surface area contributed by atoms with Gasteiger partial charge >= 0.3 is 6.36 Å². The fourth-order valence-corrected chi connectivity index (χ4v) is 2.09. The summed E-state index contributed by atoms with van der Waals surface area (Å²) in [6.45, 7) is 0. The van der Waals surface area contributed by atoms with Gasteiger partial charge in [-0.1, -0.05) is 0 Å². The number of nitrogens with one attached hydrogen (secondary N) is 1. The molecule has 4 nitrogen and oxygen atoms in total. The molecule has 1 N–H and O–H groups in total. The number of carbonyl (C=O) groups is 2. The summed E-state index contributed by atoms with van der Waals surface area (Å²) < 4.78 is 53.4. The second-order valence-corrected chi connectivity index (χ2v) is 4.60. The first-order valence-corrected chi connectivity index (χ1v) is 5.86. The van der Waals surface area contributed by atoms with Crippen molar-refractivity contribution in [1.29, 1.82) is 0 Å². The zero-order valence-corrected chi connectivity index (χ0v) is 10.3. The lowest BCUT2D eigenvalue weighted by atomic mass is 10.2. The average Bonchev–Trinajstić information content (AvgIpc) is 2.60. The number of ether oxygens (including phenoxy) is 1. The Balaban J connectivity index is 2.40. The van der Waals surface area contributed by atoms with E-state index in [-0.39, 0.29) is 10.5 Å². The van der Waals surface area contributed by atoms with Crippen LogP contribution in [-0.2, 0) is 4.79 Å². The molecule has 1 aliphatic rings. The molecule has 2 amide bonds. The first kappa shape index (κ1) is 14.4. The highest BCUT2D eigenvalue weighted by molar-refractivity contribution is 8.18. The quantitative estimate of drug-likeness (QED) is 0.674. The van der Waals surface area contributed by atoms with Gasteiger partial charge in [-0.2, -0.15) is 0 Å². The van der Waals surface area contributed by atoms with Gasteiger partial charge in [0.1, 0.15) is 11.6 Å². The number of carbonyl (C=O) groups excluding carboxylic acids is 2. The molecule has 1 aromatic rings. The monoisotopic (exact) mass is 307 g/mol. The van der Waals surface area contributed by atoms with Gasteiger partial charge in [-0.25, -0.2) is 4.39 Å². The van der Waals surface area contributed by atoms with E-state index in [2.05, 4.69) is 4.74 Å². The minimum absolute atomic E-state index is 0.146. The Morgan fingerprint density at radius 1 is 1.25 bits per heavy atom. The summed E-state index contributed by atoms with van der Waals surface area (Å²) in [5.41, 5.74) is -0.297. The summed E-state index contributed by atoms with van der Waals surface area (Å²) in [5.74, 6) is -2.23. The zero-order valence-electron chi connectivity index (χ0n) is 9.45. The van der Waals surface area contributed by atoms with E-state index in [9.17, 15) is 27.2 Å². The van der Waals surface area contributed by atoms with Crippen LogP contribution in [-0.4, -0.2) is 17.5 Å². The summed E-state index contributed by atoms with van der Waals surface area (Å²) in [5, 5.41) is 1.27. The molecule has 1 fully saturated rings. The van der Waals surface area contributed by atoms with Gasteiger partial charge in [-0.3, -0.25) is 14.9 Å². The molecule has 106 valence electrons. The van der Waals surface area contributed by atoms with Crippen molar-refractivity contribution in [3.05, 3.63) is 34.5 Å². The number of hydrogen-bond donors (Lipinski definition) is 1. The molecule has 0 radical (unpaired) electrons. The van der Waals surface area contributed by atoms with Crippen LogP contribution >= 0.6 is 11.8 Å². The lowest BCUT2D eigenvalue weighted by Gasteiger charge is -2.11. The molecule has 0 aliphatic carbocycles. The van der Waals surface area contributed by atoms with E-state index in [1.54, 1.807) is 0 Å². The molecule has 0 saturated carbocycles. The topological polar surface area (TPSA) is 55.4 Å². The highest BCUT2D eigenvalue weighted by Gasteiger charge is 2.32. The molecule has 2 rings (SSSR count). The molecule has 0 bridgehead atoms. The minimum atomic E-state index is -4.95. The Hall–Kier alpha value is -2.03. The molecule has 1 saturated heterocycles. The van der Waals surface area contributed by atoms with Gasteiger partial charge in [0.15, 0.2) is 0 Å². The van der Waals surface area contributed by atoms with Crippen molar-refractivity contribution >= 4 is 29.0 Å². The number of thioether (sulfide) groups is 1. The molecule has 0 unspecified atom stereocenters. The van der Waals surface area contributed by atoms with Gasteiger partial charge < -0.3 is 4.74 Å². The van der Waals surface area contributed by atoms with Crippen LogP contribution in [0.1, 0.15) is 5.56 Å². The summed E-state index contributed by atoms with van der Waals surface area (Å²) in [6.07, 6.45) is -4.00. The second kappa shape index (κ2) is 5.16. The Bertz CT molecular complexity index is 612. The molecule has 0 aromatic heterocycles. The van der Waals surface area contributed by atoms with Crippen LogP contribution in [0.15, 0.2) is 23.1 Å². The largest absolute Gasteiger partial charge is 0.573 e. The number of halogens is 4. The van der Waals surface area contributed by atoms with Gasteiger partial charge in [-0.15, -0.1) is 13.2 Å². The van der Waals surface area contributed by atoms with Gasteiger partial charge in [0, 0.05) is 5.56 Å². The standard InChI is InChI=1S/C11H5F4NO3S/c12-6-1-2-7(19-11(13,14)15)5(3-6)4-8-9(17)16-10(18)20-8/h1-4H,(H,16,17,18). The van der Waals surface area contributed by atoms with Gasteiger partial charge in [0.2, 0.25) is 0 Å². The summed E-state index contributed by atoms with van der Waals surface area (Å²) >= 11 is 0.503. The number of imide groups is 1. The first-order valence-electron chi connectivity index (χ1n) is 5.05. The van der Waals surface area contributed by atoms with Crippen molar-refractivity contribution < 1.29 is 31.9 Å². The van der Waals surface area contributed by atoms with E-state index in [0.717, 1.165) is 24.3 Å². The molecule has 1 heterocycles. The molecule has 20 heavy (non-hydrogen) atoms. The minimum Gasteiger partial charge on any atom is -0.405 e. The number of alkyl halides is 3. The molecule has 1 aromatic carbocycles. The van der Waals surface area contributed by atoms with E-state index < -0.39 is 29.1 Å². The van der Waals surface area contributed by atoms with Gasteiger partial charge in [0.05, 0.1) is 4.91 Å². The third kappa shape index (κ3) is 3.50. The lowest BCUT2D eigenvalue weighted by Crippen LogP contribution is -2.18. The van der Waals surface area contributed by atoms with Crippen molar-refractivity contribution in [2.75, 3.05) is 0 Å². The van der Waals surface area contributed by atoms with E-state index in [0.29, 0.717) is 11.8 Å². The SMILES string of the molecule is O=C1NC(=O)C(=Cc2cc(F)ccc2OC(F)(F)F)S1. The normalized spacial score (nSPS) is 17.5. The molecule has 9 heteroatoms. The average molecular weight is 307 g/mol. The third-order valence-corrected chi connectivity index (χ3v) is 2.94. The summed E-state index contributed by atoms with van der Waals surface area (Å²) in [6, 6.07) is 2.34. The van der Waals surface area contributed by atoms with Crippen LogP contribution in [0.5, 0.6) is 5.75 Å². The Morgan fingerprint density at radius 2 is 1.95 bits per heavy atom. The maximum absolute atomic E-state index is 13.1. The number of hydrogen-bond acceptors (Lipinski definition) is 4. The van der Waals surface area contributed by atoms with E-state index in [4.69, 9.17) is 0 Å². The van der Waals surface area contributed by atoms with E-state index in [1.807, 2.05) is 5.32 Å². The molecule has 0 atom stereocenters. The predicted octanol–water partition coefficient (Wildman–Crippen LogP) is 3.05. The second-order valence-electron chi connectivity index (χ2n) is 3.58. The Labute approximate surface area is 113 Å². The van der Waals surface area contributed by atoms with Crippen LogP contribution < -0.4 is 10.1 Å². The lowest BCUT2D eigenvalue weighted by molar-refractivity contribution is -0.274. The molecular formula is C11H5F4NO3S. The van der Waals surface area contributed by atoms with Crippen molar-refractivity contribution in [2.45, 2.75) is 6.36 Å². The van der Waals surface area contributed by atoms with Crippen LogP contribution in [0.2, 0.25) is 0 Å². The zero-order chi connectivity index (χ0) is 14.9. The van der Waals surface area contributed by atoms with E-state index in [1.165, 1.54) is 0 Å². The predicted molar refractivity (Wildman–Crippen MR) is 62.2 cm³/mol. The van der Waals surface area contributed by atoms with Gasteiger partial charge in [-0.05, 0) is 36.0 Å². The van der Waals surface area contributed by atoms with Crippen LogP contribution in [0.4, 0.5) is 22.4 Å². The Morgan fingerprint density at radius 3 is 2.50 bits per heavy atom. The smallest absolute Gasteiger partial charge is 0.405 e. The number of amides is 2. The molecule has 0 spiro atoms. The maximum atomic E-state index is 13.1. The molecule has 1 aliphatic heterocycles. The molecular weight excluding hydrogens is 302 g/mol. The van der Waals surface area contributed by atoms with Crippen LogP contribution in [0, 0.1) is 5.82 Å². The number of benzene rings is 1. The highest BCUT2D eigenvalue weighted by Crippen LogP contribution is 2.32. The fourth-order valence-electron chi connectivity index (χ4n) is 1.41. The third-order valence-electron chi connectivity index (χ3n) is 2.13. The van der Waals surface area contributed by atoms with Gasteiger partial charge in [0.25, 0.3) is 11.1 Å². The van der Waals surface area contributed by atoms with Crippen molar-refractivity contribution in [3.63, 3.8) is 0 Å². The van der Waals surface area contributed by atoms with Crippen LogP contribution in [0.3, 0.4) is 0 Å². The fraction of sp³-hybridized carbons (Fsp3) is 0.0909. The van der Waals surface area contributed by atoms with Crippen LogP contribution in [0.25, 0.3) is 6.08 Å². The van der Waals surface area contributed by atoms with E-state index >= 15 is 0 Å². The van der Waals surface area contributed by atoms with Crippen molar-refractivity contribution in [3.8, 4) is 5.75 Å². The summed E-state index contributed by atoms with van der Waals surface area (Å²) in [4.78, 5) is 22.1. The van der Waals surface area contributed by atoms with Crippen molar-refractivity contribution in [2.24, 2.45) is 0 Å². The highest BCUT2D eigenvalue weighted by atomic mass is 32.2. The maximum Gasteiger partial charge on any atom is 0.573 e. The number of rotatable bonds is 2. The first-order chi connectivity index (χ1) is 9.24. The Kier molecular flexibility index (Phi) is 3.71.